The lowest BCUT2D eigenvalue weighted by molar-refractivity contribution is -0.116. The number of hydrogen-bond donors (Lipinski definition) is 0. The van der Waals surface area contributed by atoms with Crippen LogP contribution in [0.2, 0.25) is 0 Å². The Bertz CT molecular complexity index is 1050. The van der Waals surface area contributed by atoms with Crippen LogP contribution in [0.15, 0.2) is 34.2 Å². The van der Waals surface area contributed by atoms with Gasteiger partial charge in [0.05, 0.1) is 23.9 Å². The van der Waals surface area contributed by atoms with E-state index in [4.69, 9.17) is 9.72 Å². The summed E-state index contributed by atoms with van der Waals surface area (Å²) in [5, 5.41) is 1.19. The molecule has 0 N–H and O–H groups in total. The molecule has 0 bridgehead atoms. The number of fused-ring (bicyclic) bond motifs is 1. The van der Waals surface area contributed by atoms with Gasteiger partial charge in [0, 0.05) is 17.4 Å². The lowest BCUT2D eigenvalue weighted by Crippen LogP contribution is -2.22. The molecule has 7 heteroatoms. The fourth-order valence-corrected chi connectivity index (χ4v) is 5.00. The van der Waals surface area contributed by atoms with Crippen LogP contribution in [0.3, 0.4) is 0 Å². The largest absolute Gasteiger partial charge is 0.497 e. The molecule has 0 unspecified atom stereocenters. The summed E-state index contributed by atoms with van der Waals surface area (Å²) in [7, 11) is 1.59. The first-order valence-corrected chi connectivity index (χ1v) is 10.6. The summed E-state index contributed by atoms with van der Waals surface area (Å²) in [5.74, 6) is 1.09. The van der Waals surface area contributed by atoms with Gasteiger partial charge in [-0.25, -0.2) is 4.98 Å². The Morgan fingerprint density at radius 1 is 1.33 bits per heavy atom. The number of hydrogen-bond acceptors (Lipinski definition) is 6. The van der Waals surface area contributed by atoms with Gasteiger partial charge < -0.3 is 4.74 Å². The molecule has 142 valence electrons. The number of thiophene rings is 1. The van der Waals surface area contributed by atoms with Crippen LogP contribution < -0.4 is 10.3 Å². The third kappa shape index (κ3) is 3.80. The molecule has 0 fully saturated rings. The number of rotatable bonds is 7. The van der Waals surface area contributed by atoms with E-state index < -0.39 is 0 Å². The highest BCUT2D eigenvalue weighted by atomic mass is 32.2. The predicted molar refractivity (Wildman–Crippen MR) is 112 cm³/mol. The first-order chi connectivity index (χ1) is 13.0. The Balaban J connectivity index is 2.26. The molecule has 1 aromatic carbocycles. The lowest BCUT2D eigenvalue weighted by atomic mass is 10.2. The molecule has 0 aliphatic rings. The van der Waals surface area contributed by atoms with E-state index >= 15 is 0 Å². The Morgan fingerprint density at radius 3 is 2.78 bits per heavy atom. The molecule has 2 heterocycles. The van der Waals surface area contributed by atoms with Crippen molar-refractivity contribution >= 4 is 39.1 Å². The van der Waals surface area contributed by atoms with Gasteiger partial charge in [0.25, 0.3) is 5.56 Å². The van der Waals surface area contributed by atoms with E-state index in [2.05, 4.69) is 6.92 Å². The van der Waals surface area contributed by atoms with Gasteiger partial charge in [-0.1, -0.05) is 31.7 Å². The van der Waals surface area contributed by atoms with Crippen LogP contribution in [-0.4, -0.2) is 28.2 Å². The summed E-state index contributed by atoms with van der Waals surface area (Å²) < 4.78 is 6.90. The number of nitrogens with zero attached hydrogens (tertiary/aromatic N) is 2. The molecule has 0 radical (unpaired) electrons. The van der Waals surface area contributed by atoms with Gasteiger partial charge in [-0.3, -0.25) is 14.2 Å². The number of methoxy groups -OCH3 is 1. The van der Waals surface area contributed by atoms with E-state index in [1.807, 2.05) is 38.1 Å². The van der Waals surface area contributed by atoms with Crippen LogP contribution in [0.4, 0.5) is 0 Å². The van der Waals surface area contributed by atoms with Crippen molar-refractivity contribution in [2.24, 2.45) is 0 Å². The molecule has 0 amide bonds. The molecule has 0 spiro atoms. The maximum atomic E-state index is 13.4. The van der Waals surface area contributed by atoms with E-state index in [0.29, 0.717) is 34.2 Å². The number of aromatic nitrogens is 2. The van der Waals surface area contributed by atoms with E-state index in [-0.39, 0.29) is 11.3 Å². The maximum absolute atomic E-state index is 13.4. The van der Waals surface area contributed by atoms with Crippen molar-refractivity contribution in [3.8, 4) is 11.4 Å². The molecule has 3 rings (SSSR count). The first-order valence-electron chi connectivity index (χ1n) is 8.84. The number of carbonyl (C=O) groups is 1. The van der Waals surface area contributed by atoms with Crippen molar-refractivity contribution in [1.82, 2.24) is 9.55 Å². The quantitative estimate of drug-likeness (QED) is 0.433. The summed E-state index contributed by atoms with van der Waals surface area (Å²) >= 11 is 2.86. The molecule has 0 saturated heterocycles. The fraction of sp³-hybridized carbons (Fsp3) is 0.350. The average Bonchev–Trinajstić information content (AvgIpc) is 3.01. The van der Waals surface area contributed by atoms with Gasteiger partial charge in [-0.2, -0.15) is 0 Å². The second kappa shape index (κ2) is 8.27. The molecule has 5 nitrogen and oxygen atoms in total. The average molecular weight is 403 g/mol. The first kappa shape index (κ1) is 19.6. The van der Waals surface area contributed by atoms with Gasteiger partial charge in [-0.15, -0.1) is 11.3 Å². The number of thioether (sulfide) groups is 1. The highest BCUT2D eigenvalue weighted by molar-refractivity contribution is 7.99. The number of aryl methyl sites for hydroxylation is 2. The van der Waals surface area contributed by atoms with E-state index in [0.717, 1.165) is 16.8 Å². The van der Waals surface area contributed by atoms with Gasteiger partial charge in [0.15, 0.2) is 5.16 Å². The van der Waals surface area contributed by atoms with Crippen LogP contribution in [0.5, 0.6) is 5.75 Å². The monoisotopic (exact) mass is 402 g/mol. The fourth-order valence-electron chi connectivity index (χ4n) is 2.87. The van der Waals surface area contributed by atoms with Gasteiger partial charge >= 0.3 is 0 Å². The van der Waals surface area contributed by atoms with E-state index in [9.17, 15) is 9.59 Å². The van der Waals surface area contributed by atoms with Crippen molar-refractivity contribution in [3.63, 3.8) is 0 Å². The summed E-state index contributed by atoms with van der Waals surface area (Å²) in [6, 6.07) is 7.34. The number of ketones is 1. The van der Waals surface area contributed by atoms with Crippen molar-refractivity contribution in [2.45, 2.75) is 38.8 Å². The van der Waals surface area contributed by atoms with Crippen molar-refractivity contribution in [3.05, 3.63) is 45.1 Å². The van der Waals surface area contributed by atoms with Crippen molar-refractivity contribution in [1.29, 1.82) is 0 Å². The summed E-state index contributed by atoms with van der Waals surface area (Å²) in [6.07, 6.45) is 1.33. The molecule has 0 atom stereocenters. The molecule has 0 saturated carbocycles. The highest BCUT2D eigenvalue weighted by Gasteiger charge is 2.19. The zero-order valence-electron chi connectivity index (χ0n) is 15.9. The second-order valence-electron chi connectivity index (χ2n) is 6.10. The Hall–Kier alpha value is -2.12. The normalized spacial score (nSPS) is 11.1. The van der Waals surface area contributed by atoms with Gasteiger partial charge in [0.2, 0.25) is 0 Å². The van der Waals surface area contributed by atoms with Crippen LogP contribution in [0, 0.1) is 6.92 Å². The zero-order chi connectivity index (χ0) is 19.6. The molecule has 2 aromatic heterocycles. The van der Waals surface area contributed by atoms with E-state index in [1.165, 1.54) is 16.6 Å². The number of Topliss-reactive ketones (excluding diaryl/α,β-unsaturated/α-hetero) is 1. The lowest BCUT2D eigenvalue weighted by Gasteiger charge is -2.13. The predicted octanol–water partition coefficient (Wildman–Crippen LogP) is 4.40. The number of benzene rings is 1. The highest BCUT2D eigenvalue weighted by Crippen LogP contribution is 2.31. The molecule has 0 aliphatic heterocycles. The Kier molecular flexibility index (Phi) is 6.01. The van der Waals surface area contributed by atoms with Crippen LogP contribution in [0.1, 0.15) is 30.7 Å². The second-order valence-corrected chi connectivity index (χ2v) is 8.13. The van der Waals surface area contributed by atoms with Crippen LogP contribution >= 0.6 is 23.1 Å². The van der Waals surface area contributed by atoms with Gasteiger partial charge in [0.1, 0.15) is 16.4 Å². The summed E-state index contributed by atoms with van der Waals surface area (Å²) in [6.45, 7) is 5.89. The molecular weight excluding hydrogens is 380 g/mol. The standard InChI is InChI=1S/C20H22N2O3S2/c1-5-14(23)11-26-20-21-18-17(12(3)16(6-2)27-18)19(24)22(20)13-8-7-9-15(10-13)25-4/h7-10H,5-6,11H2,1-4H3. The zero-order valence-corrected chi connectivity index (χ0v) is 17.5. The van der Waals surface area contributed by atoms with Crippen molar-refractivity contribution in [2.75, 3.05) is 12.9 Å². The third-order valence-electron chi connectivity index (χ3n) is 4.42. The van der Waals surface area contributed by atoms with Gasteiger partial charge in [-0.05, 0) is 31.0 Å². The Labute approximate surface area is 166 Å². The molecule has 3 aromatic rings. The molecular formula is C20H22N2O3S2. The smallest absolute Gasteiger partial charge is 0.267 e. The van der Waals surface area contributed by atoms with Crippen LogP contribution in [-0.2, 0) is 11.2 Å². The molecule has 27 heavy (non-hydrogen) atoms. The Morgan fingerprint density at radius 2 is 2.11 bits per heavy atom. The minimum atomic E-state index is -0.104. The molecule has 0 aliphatic carbocycles. The third-order valence-corrected chi connectivity index (χ3v) is 6.75. The number of ether oxygens (including phenoxy) is 1. The summed E-state index contributed by atoms with van der Waals surface area (Å²) in [4.78, 5) is 31.9. The van der Waals surface area contributed by atoms with Crippen LogP contribution in [0.25, 0.3) is 15.9 Å². The van der Waals surface area contributed by atoms with Crippen molar-refractivity contribution < 1.29 is 9.53 Å². The van der Waals surface area contributed by atoms with E-state index in [1.54, 1.807) is 23.0 Å². The minimum absolute atomic E-state index is 0.104. The number of carbonyl (C=O) groups excluding carboxylic acids is 1. The minimum Gasteiger partial charge on any atom is -0.497 e. The summed E-state index contributed by atoms with van der Waals surface area (Å²) in [5.41, 5.74) is 1.57. The topological polar surface area (TPSA) is 61.2 Å². The SMILES string of the molecule is CCC(=O)CSc1nc2sc(CC)c(C)c2c(=O)n1-c1cccc(OC)c1. The maximum Gasteiger partial charge on any atom is 0.267 e.